The smallest absolute Gasteiger partial charge is 0.000718 e. The minimum absolute atomic E-state index is 1.07. The summed E-state index contributed by atoms with van der Waals surface area (Å²) in [6.45, 7) is 2.28. The van der Waals surface area contributed by atoms with Crippen molar-refractivity contribution in [1.82, 2.24) is 0 Å². The number of hydrogen-bond acceptors (Lipinski definition) is 0. The van der Waals surface area contributed by atoms with Gasteiger partial charge < -0.3 is 0 Å². The zero-order valence-electron chi connectivity index (χ0n) is 13.1. The lowest BCUT2D eigenvalue weighted by Gasteiger charge is -2.05. The van der Waals surface area contributed by atoms with Crippen molar-refractivity contribution in [3.05, 3.63) is 59.2 Å². The van der Waals surface area contributed by atoms with Gasteiger partial charge in [0, 0.05) is 0 Å². The van der Waals surface area contributed by atoms with Crippen molar-refractivity contribution in [2.75, 3.05) is 0 Å². The molecule has 0 saturated heterocycles. The van der Waals surface area contributed by atoms with Crippen LogP contribution in [0.2, 0.25) is 0 Å². The van der Waals surface area contributed by atoms with Crippen LogP contribution in [-0.4, -0.2) is 0 Å². The quantitative estimate of drug-likeness (QED) is 0.467. The minimum Gasteiger partial charge on any atom is -0.0654 e. The van der Waals surface area contributed by atoms with Gasteiger partial charge >= 0.3 is 0 Å². The molecular formula is C21H25. The summed E-state index contributed by atoms with van der Waals surface area (Å²) in [6.07, 6.45) is 10.5. The molecule has 0 fully saturated rings. The maximum atomic E-state index is 3.67. The zero-order chi connectivity index (χ0) is 14.5. The molecule has 0 heterocycles. The van der Waals surface area contributed by atoms with E-state index in [-0.39, 0.29) is 0 Å². The molecule has 0 spiro atoms. The molecule has 109 valence electrons. The third kappa shape index (κ3) is 3.37. The molecule has 0 atom stereocenters. The van der Waals surface area contributed by atoms with Crippen molar-refractivity contribution in [3.63, 3.8) is 0 Å². The largest absolute Gasteiger partial charge is 0.0654 e. The molecule has 2 aromatic carbocycles. The molecule has 3 rings (SSSR count). The summed E-state index contributed by atoms with van der Waals surface area (Å²) in [5, 5.41) is 0. The fraction of sp³-hybridized carbons (Fsp3) is 0.429. The Morgan fingerprint density at radius 2 is 1.67 bits per heavy atom. The number of aryl methyl sites for hydroxylation is 1. The van der Waals surface area contributed by atoms with Crippen molar-refractivity contribution < 1.29 is 0 Å². The van der Waals surface area contributed by atoms with E-state index in [0.717, 1.165) is 6.42 Å². The Labute approximate surface area is 129 Å². The van der Waals surface area contributed by atoms with Crippen LogP contribution in [0.1, 0.15) is 62.1 Å². The van der Waals surface area contributed by atoms with Crippen LogP contribution in [0.25, 0.3) is 11.1 Å². The molecule has 0 amide bonds. The summed E-state index contributed by atoms with van der Waals surface area (Å²) >= 11 is 0. The fourth-order valence-electron chi connectivity index (χ4n) is 3.35. The highest BCUT2D eigenvalue weighted by atomic mass is 14.2. The average molecular weight is 277 g/mol. The minimum atomic E-state index is 1.07. The zero-order valence-corrected chi connectivity index (χ0v) is 13.1. The summed E-state index contributed by atoms with van der Waals surface area (Å²) in [5.74, 6) is 0. The van der Waals surface area contributed by atoms with Crippen LogP contribution in [0.3, 0.4) is 0 Å². The molecule has 0 aliphatic heterocycles. The van der Waals surface area contributed by atoms with Gasteiger partial charge in [-0.2, -0.15) is 0 Å². The Morgan fingerprint density at radius 1 is 0.857 bits per heavy atom. The average Bonchev–Trinajstić information content (AvgIpc) is 2.88. The van der Waals surface area contributed by atoms with Gasteiger partial charge in [-0.15, -0.1) is 0 Å². The van der Waals surface area contributed by atoms with Gasteiger partial charge in [0.1, 0.15) is 0 Å². The maximum Gasteiger partial charge on any atom is -0.000718 e. The molecule has 0 heteroatoms. The summed E-state index contributed by atoms with van der Waals surface area (Å²) in [4.78, 5) is 0. The number of hydrogen-bond donors (Lipinski definition) is 0. The van der Waals surface area contributed by atoms with Crippen LogP contribution >= 0.6 is 0 Å². The Bertz CT molecular complexity index is 595. The Balaban J connectivity index is 1.57. The SMILES string of the molecule is CCCCCCCCc1[c]c2c(cc1)-c1ccccc1C2. The van der Waals surface area contributed by atoms with Crippen LogP contribution < -0.4 is 0 Å². The van der Waals surface area contributed by atoms with Crippen LogP contribution in [0, 0.1) is 6.07 Å². The molecule has 0 N–H and O–H groups in total. The highest BCUT2D eigenvalue weighted by molar-refractivity contribution is 5.76. The highest BCUT2D eigenvalue weighted by Gasteiger charge is 2.17. The summed E-state index contributed by atoms with van der Waals surface area (Å²) in [7, 11) is 0. The van der Waals surface area contributed by atoms with Crippen molar-refractivity contribution in [2.24, 2.45) is 0 Å². The van der Waals surface area contributed by atoms with Gasteiger partial charge in [-0.1, -0.05) is 75.4 Å². The molecule has 0 saturated carbocycles. The van der Waals surface area contributed by atoms with E-state index >= 15 is 0 Å². The number of unbranched alkanes of at least 4 members (excludes halogenated alkanes) is 5. The van der Waals surface area contributed by atoms with Crippen molar-refractivity contribution in [3.8, 4) is 11.1 Å². The first-order valence-corrected chi connectivity index (χ1v) is 8.51. The van der Waals surface area contributed by atoms with Crippen LogP contribution in [0.4, 0.5) is 0 Å². The Hall–Kier alpha value is -1.56. The van der Waals surface area contributed by atoms with Gasteiger partial charge in [0.05, 0.1) is 0 Å². The first kappa shape index (κ1) is 14.4. The molecular weight excluding hydrogens is 252 g/mol. The predicted octanol–water partition coefficient (Wildman–Crippen LogP) is 5.96. The van der Waals surface area contributed by atoms with Gasteiger partial charge in [-0.3, -0.25) is 0 Å². The second-order valence-electron chi connectivity index (χ2n) is 6.23. The predicted molar refractivity (Wildman–Crippen MR) is 90.6 cm³/mol. The highest BCUT2D eigenvalue weighted by Crippen LogP contribution is 2.36. The molecule has 1 radical (unpaired) electrons. The number of rotatable bonds is 7. The molecule has 0 aromatic heterocycles. The summed E-state index contributed by atoms with van der Waals surface area (Å²) < 4.78 is 0. The molecule has 1 aliphatic carbocycles. The lowest BCUT2D eigenvalue weighted by atomic mass is 10.00. The van der Waals surface area contributed by atoms with E-state index in [1.54, 1.807) is 0 Å². The normalized spacial score (nSPS) is 12.2. The maximum absolute atomic E-state index is 3.67. The van der Waals surface area contributed by atoms with Crippen LogP contribution in [0.5, 0.6) is 0 Å². The van der Waals surface area contributed by atoms with Crippen molar-refractivity contribution in [2.45, 2.75) is 58.3 Å². The molecule has 0 unspecified atom stereocenters. The van der Waals surface area contributed by atoms with Gasteiger partial charge in [0.25, 0.3) is 0 Å². The van der Waals surface area contributed by atoms with E-state index in [1.165, 1.54) is 72.8 Å². The lowest BCUT2D eigenvalue weighted by molar-refractivity contribution is 0.607. The molecule has 21 heavy (non-hydrogen) atoms. The third-order valence-electron chi connectivity index (χ3n) is 4.56. The topological polar surface area (TPSA) is 0 Å². The molecule has 1 aliphatic rings. The third-order valence-corrected chi connectivity index (χ3v) is 4.56. The van der Waals surface area contributed by atoms with Crippen molar-refractivity contribution in [1.29, 1.82) is 0 Å². The monoisotopic (exact) mass is 277 g/mol. The van der Waals surface area contributed by atoms with Crippen LogP contribution in [0.15, 0.2) is 36.4 Å². The standard InChI is InChI=1S/C21H25/c1-2-3-4-5-6-7-10-17-13-14-21-19(15-17)16-18-11-8-9-12-20(18)21/h8-9,11-14H,2-7,10,16H2,1H3. The van der Waals surface area contributed by atoms with E-state index in [9.17, 15) is 0 Å². The molecule has 0 nitrogen and oxygen atoms in total. The van der Waals surface area contributed by atoms with E-state index in [1.807, 2.05) is 0 Å². The van der Waals surface area contributed by atoms with Crippen molar-refractivity contribution >= 4 is 0 Å². The second-order valence-corrected chi connectivity index (χ2v) is 6.23. The Morgan fingerprint density at radius 3 is 2.57 bits per heavy atom. The van der Waals surface area contributed by atoms with Crippen LogP contribution in [-0.2, 0) is 12.8 Å². The summed E-state index contributed by atoms with van der Waals surface area (Å²) in [6, 6.07) is 17.0. The van der Waals surface area contributed by atoms with E-state index in [2.05, 4.69) is 49.4 Å². The second kappa shape index (κ2) is 6.93. The Kier molecular flexibility index (Phi) is 4.75. The lowest BCUT2D eigenvalue weighted by Crippen LogP contribution is -1.90. The fourth-order valence-corrected chi connectivity index (χ4v) is 3.35. The molecule has 0 bridgehead atoms. The number of benzene rings is 2. The van der Waals surface area contributed by atoms with E-state index in [0.29, 0.717) is 0 Å². The number of fused-ring (bicyclic) bond motifs is 3. The van der Waals surface area contributed by atoms with Gasteiger partial charge in [-0.25, -0.2) is 0 Å². The van der Waals surface area contributed by atoms with Gasteiger partial charge in [0.2, 0.25) is 0 Å². The molecule has 2 aromatic rings. The van der Waals surface area contributed by atoms with E-state index in [4.69, 9.17) is 0 Å². The van der Waals surface area contributed by atoms with Gasteiger partial charge in [0.15, 0.2) is 0 Å². The summed E-state index contributed by atoms with van der Waals surface area (Å²) in [5.41, 5.74) is 7.07. The first-order chi connectivity index (χ1) is 10.4. The van der Waals surface area contributed by atoms with Gasteiger partial charge in [-0.05, 0) is 53.1 Å². The van der Waals surface area contributed by atoms with E-state index < -0.39 is 0 Å². The first-order valence-electron chi connectivity index (χ1n) is 8.51.